The Bertz CT molecular complexity index is 401. The zero-order chi connectivity index (χ0) is 10.1. The van der Waals surface area contributed by atoms with Crippen LogP contribution in [-0.4, -0.2) is 11.8 Å². The number of benzene rings is 1. The third-order valence-electron chi connectivity index (χ3n) is 2.31. The number of fused-ring (bicyclic) bond motifs is 1. The van der Waals surface area contributed by atoms with Gasteiger partial charge in [-0.3, -0.25) is 9.59 Å². The Kier molecular flexibility index (Phi) is 1.96. The maximum Gasteiger partial charge on any atom is 0.244 e. The van der Waals surface area contributed by atoms with Crippen molar-refractivity contribution in [2.45, 2.75) is 12.5 Å². The van der Waals surface area contributed by atoms with Gasteiger partial charge in [0.2, 0.25) is 11.8 Å². The number of nitrogens with one attached hydrogen (secondary N) is 1. The number of hydrogen-bond donors (Lipinski definition) is 2. The molecular formula is C10H10N2O2. The third-order valence-corrected chi connectivity index (χ3v) is 2.31. The van der Waals surface area contributed by atoms with Crippen molar-refractivity contribution >= 4 is 11.8 Å². The predicted octanol–water partition coefficient (Wildman–Crippen LogP) is -0.115. The lowest BCUT2D eigenvalue weighted by Crippen LogP contribution is -2.42. The molecule has 1 aromatic rings. The molecule has 0 spiro atoms. The lowest BCUT2D eigenvalue weighted by Gasteiger charge is -2.23. The van der Waals surface area contributed by atoms with Crippen LogP contribution in [0.3, 0.4) is 0 Å². The molecule has 3 N–H and O–H groups in total. The Labute approximate surface area is 81.1 Å². The molecule has 2 rings (SSSR count). The molecule has 1 unspecified atom stereocenters. The normalized spacial score (nSPS) is 19.7. The Morgan fingerprint density at radius 1 is 1.43 bits per heavy atom. The van der Waals surface area contributed by atoms with Gasteiger partial charge in [-0.15, -0.1) is 0 Å². The molecule has 0 saturated carbocycles. The molecular weight excluding hydrogens is 180 g/mol. The molecule has 4 nitrogen and oxygen atoms in total. The number of carbonyl (C=O) groups is 2. The van der Waals surface area contributed by atoms with E-state index in [4.69, 9.17) is 5.73 Å². The summed E-state index contributed by atoms with van der Waals surface area (Å²) in [6.07, 6.45) is 0.319. The standard InChI is InChI=1S/C10H10N2O2/c11-10(14)9-7-4-2-1-3-6(7)5-8(13)12-9/h1-4,9H,5H2,(H2,11,14)(H,12,13). The van der Waals surface area contributed by atoms with Crippen LogP contribution in [0.5, 0.6) is 0 Å². The van der Waals surface area contributed by atoms with Crippen LogP contribution >= 0.6 is 0 Å². The maximum absolute atomic E-state index is 11.2. The monoisotopic (exact) mass is 190 g/mol. The first-order valence-corrected chi connectivity index (χ1v) is 4.35. The van der Waals surface area contributed by atoms with E-state index in [-0.39, 0.29) is 5.91 Å². The van der Waals surface area contributed by atoms with E-state index >= 15 is 0 Å². The summed E-state index contributed by atoms with van der Waals surface area (Å²) < 4.78 is 0. The van der Waals surface area contributed by atoms with Gasteiger partial charge < -0.3 is 11.1 Å². The van der Waals surface area contributed by atoms with Gasteiger partial charge in [0, 0.05) is 0 Å². The van der Waals surface area contributed by atoms with Crippen LogP contribution in [0.25, 0.3) is 0 Å². The summed E-state index contributed by atoms with van der Waals surface area (Å²) in [5.41, 5.74) is 6.87. The fourth-order valence-electron chi connectivity index (χ4n) is 1.66. The smallest absolute Gasteiger partial charge is 0.244 e. The van der Waals surface area contributed by atoms with Crippen LogP contribution in [0.1, 0.15) is 17.2 Å². The number of rotatable bonds is 1. The number of amides is 2. The zero-order valence-corrected chi connectivity index (χ0v) is 7.49. The molecule has 1 aliphatic heterocycles. The first kappa shape index (κ1) is 8.74. The SMILES string of the molecule is NC(=O)C1NC(=O)Cc2ccccc21. The highest BCUT2D eigenvalue weighted by Gasteiger charge is 2.27. The molecule has 1 heterocycles. The molecule has 0 radical (unpaired) electrons. The van der Waals surface area contributed by atoms with Crippen LogP contribution in [0.2, 0.25) is 0 Å². The van der Waals surface area contributed by atoms with Crippen molar-refractivity contribution in [2.75, 3.05) is 0 Å². The fourth-order valence-corrected chi connectivity index (χ4v) is 1.66. The first-order valence-electron chi connectivity index (χ1n) is 4.35. The van der Waals surface area contributed by atoms with Crippen molar-refractivity contribution in [2.24, 2.45) is 5.73 Å². The van der Waals surface area contributed by atoms with Crippen LogP contribution in [0, 0.1) is 0 Å². The average molecular weight is 190 g/mol. The molecule has 1 atom stereocenters. The van der Waals surface area contributed by atoms with Crippen molar-refractivity contribution in [1.82, 2.24) is 5.32 Å². The highest BCUT2D eigenvalue weighted by atomic mass is 16.2. The lowest BCUT2D eigenvalue weighted by molar-refractivity contribution is -0.127. The van der Waals surface area contributed by atoms with Gasteiger partial charge in [-0.05, 0) is 11.1 Å². The summed E-state index contributed by atoms with van der Waals surface area (Å²) in [7, 11) is 0. The predicted molar refractivity (Wildman–Crippen MR) is 50.2 cm³/mol. The van der Waals surface area contributed by atoms with Crippen LogP contribution in [-0.2, 0) is 16.0 Å². The topological polar surface area (TPSA) is 72.2 Å². The summed E-state index contributed by atoms with van der Waals surface area (Å²) in [6, 6.07) is 6.64. The van der Waals surface area contributed by atoms with Gasteiger partial charge in [0.15, 0.2) is 0 Å². The minimum absolute atomic E-state index is 0.160. The van der Waals surface area contributed by atoms with Crippen LogP contribution in [0.4, 0.5) is 0 Å². The van der Waals surface area contributed by atoms with Crippen LogP contribution in [0.15, 0.2) is 24.3 Å². The second-order valence-corrected chi connectivity index (χ2v) is 3.28. The second kappa shape index (κ2) is 3.14. The molecule has 0 aromatic heterocycles. The molecule has 0 bridgehead atoms. The molecule has 0 saturated heterocycles. The maximum atomic E-state index is 11.2. The molecule has 2 amide bonds. The van der Waals surface area contributed by atoms with Gasteiger partial charge in [-0.2, -0.15) is 0 Å². The Balaban J connectivity index is 2.48. The van der Waals surface area contributed by atoms with Crippen LogP contribution < -0.4 is 11.1 Å². The molecule has 0 aliphatic carbocycles. The minimum Gasteiger partial charge on any atom is -0.368 e. The van der Waals surface area contributed by atoms with E-state index < -0.39 is 11.9 Å². The fraction of sp³-hybridized carbons (Fsp3) is 0.200. The highest BCUT2D eigenvalue weighted by Crippen LogP contribution is 2.22. The summed E-state index contributed by atoms with van der Waals surface area (Å²) in [6.45, 7) is 0. The van der Waals surface area contributed by atoms with Crippen molar-refractivity contribution in [1.29, 1.82) is 0 Å². The lowest BCUT2D eigenvalue weighted by atomic mass is 9.94. The number of carbonyl (C=O) groups excluding carboxylic acids is 2. The van der Waals surface area contributed by atoms with Crippen molar-refractivity contribution < 1.29 is 9.59 Å². The second-order valence-electron chi connectivity index (χ2n) is 3.28. The molecule has 1 aliphatic rings. The summed E-state index contributed by atoms with van der Waals surface area (Å²) in [4.78, 5) is 22.3. The average Bonchev–Trinajstić information content (AvgIpc) is 2.16. The zero-order valence-electron chi connectivity index (χ0n) is 7.49. The third kappa shape index (κ3) is 1.35. The summed E-state index contributed by atoms with van der Waals surface area (Å²) in [5.74, 6) is -0.682. The van der Waals surface area contributed by atoms with Gasteiger partial charge in [0.25, 0.3) is 0 Å². The summed E-state index contributed by atoms with van der Waals surface area (Å²) >= 11 is 0. The molecule has 72 valence electrons. The van der Waals surface area contributed by atoms with Gasteiger partial charge >= 0.3 is 0 Å². The van der Waals surface area contributed by atoms with E-state index in [9.17, 15) is 9.59 Å². The van der Waals surface area contributed by atoms with E-state index in [2.05, 4.69) is 5.32 Å². The van der Waals surface area contributed by atoms with Gasteiger partial charge in [-0.25, -0.2) is 0 Å². The molecule has 14 heavy (non-hydrogen) atoms. The van der Waals surface area contributed by atoms with Crippen molar-refractivity contribution in [3.63, 3.8) is 0 Å². The largest absolute Gasteiger partial charge is 0.368 e. The van der Waals surface area contributed by atoms with Gasteiger partial charge in [-0.1, -0.05) is 24.3 Å². The summed E-state index contributed by atoms with van der Waals surface area (Å²) in [5, 5.41) is 2.56. The number of hydrogen-bond acceptors (Lipinski definition) is 2. The van der Waals surface area contributed by atoms with Gasteiger partial charge in [0.05, 0.1) is 6.42 Å². The quantitative estimate of drug-likeness (QED) is 0.648. The van der Waals surface area contributed by atoms with E-state index in [0.717, 1.165) is 11.1 Å². The molecule has 4 heteroatoms. The van der Waals surface area contributed by atoms with E-state index in [1.807, 2.05) is 24.3 Å². The minimum atomic E-state index is -0.674. The number of primary amides is 1. The van der Waals surface area contributed by atoms with Gasteiger partial charge in [0.1, 0.15) is 6.04 Å². The highest BCUT2D eigenvalue weighted by molar-refractivity contribution is 5.91. The Morgan fingerprint density at radius 3 is 2.86 bits per heavy atom. The van der Waals surface area contributed by atoms with Crippen molar-refractivity contribution in [3.05, 3.63) is 35.4 Å². The first-order chi connectivity index (χ1) is 6.68. The van der Waals surface area contributed by atoms with E-state index in [1.165, 1.54) is 0 Å². The van der Waals surface area contributed by atoms with Crippen molar-refractivity contribution in [3.8, 4) is 0 Å². The Hall–Kier alpha value is -1.84. The molecule has 0 fully saturated rings. The molecule has 1 aromatic carbocycles. The van der Waals surface area contributed by atoms with E-state index in [1.54, 1.807) is 0 Å². The van der Waals surface area contributed by atoms with E-state index in [0.29, 0.717) is 6.42 Å². The number of nitrogens with two attached hydrogens (primary N) is 1. The Morgan fingerprint density at radius 2 is 2.14 bits per heavy atom.